The Morgan fingerprint density at radius 3 is 2.48 bits per heavy atom. The molecule has 1 atom stereocenters. The number of benzene rings is 1. The maximum atomic E-state index is 12.5. The van der Waals surface area contributed by atoms with Crippen molar-refractivity contribution in [2.75, 3.05) is 6.61 Å². The van der Waals surface area contributed by atoms with Gasteiger partial charge in [-0.3, -0.25) is 4.79 Å². The third kappa shape index (κ3) is 2.16. The van der Waals surface area contributed by atoms with Gasteiger partial charge in [-0.1, -0.05) is 12.1 Å². The zero-order valence-electron chi connectivity index (χ0n) is 11.7. The van der Waals surface area contributed by atoms with Gasteiger partial charge in [0, 0.05) is 18.6 Å². The van der Waals surface area contributed by atoms with Crippen LogP contribution in [-0.2, 0) is 22.4 Å². The molecule has 6 nitrogen and oxygen atoms in total. The molecule has 1 aromatic heterocycles. The minimum atomic E-state index is -0.348. The lowest BCUT2D eigenvalue weighted by molar-refractivity contribution is -0.642. The third-order valence-corrected chi connectivity index (χ3v) is 3.93. The van der Waals surface area contributed by atoms with E-state index in [0.717, 1.165) is 9.46 Å². The van der Waals surface area contributed by atoms with Gasteiger partial charge in [-0.05, 0) is 13.3 Å². The summed E-state index contributed by atoms with van der Waals surface area (Å²) in [4.78, 5) is 11.8. The average molecular weight is 288 g/mol. The van der Waals surface area contributed by atoms with Crippen LogP contribution >= 0.6 is 0 Å². The summed E-state index contributed by atoms with van der Waals surface area (Å²) in [6.45, 7) is 2.07. The molecular weight excluding hydrogens is 272 g/mol. The Kier molecular flexibility index (Phi) is 3.37. The fourth-order valence-corrected chi connectivity index (χ4v) is 2.89. The summed E-state index contributed by atoms with van der Waals surface area (Å²) < 4.78 is 6.62. The maximum absolute atomic E-state index is 12.5. The number of esters is 1. The predicted molar refractivity (Wildman–Crippen MR) is 74.0 cm³/mol. The molecule has 1 heterocycles. The Labute approximate surface area is 121 Å². The lowest BCUT2D eigenvalue weighted by Gasteiger charge is -2.21. The van der Waals surface area contributed by atoms with Crippen molar-refractivity contribution in [2.24, 2.45) is 5.92 Å². The van der Waals surface area contributed by atoms with Crippen LogP contribution in [0.3, 0.4) is 0 Å². The number of nitrogens with zero attached hydrogens (tertiary/aromatic N) is 2. The first-order valence-corrected chi connectivity index (χ1v) is 7.05. The van der Waals surface area contributed by atoms with E-state index in [1.165, 1.54) is 0 Å². The first kappa shape index (κ1) is 13.6. The molecule has 6 heteroatoms. The van der Waals surface area contributed by atoms with Crippen LogP contribution in [0.4, 0.5) is 0 Å². The highest BCUT2D eigenvalue weighted by Gasteiger charge is 2.37. The van der Waals surface area contributed by atoms with E-state index in [4.69, 9.17) is 4.74 Å². The zero-order chi connectivity index (χ0) is 15.0. The number of rotatable bonds is 2. The van der Waals surface area contributed by atoms with E-state index >= 15 is 0 Å². The summed E-state index contributed by atoms with van der Waals surface area (Å²) in [5.74, 6) is -0.646. The van der Waals surface area contributed by atoms with E-state index in [9.17, 15) is 15.2 Å². The first-order chi connectivity index (χ1) is 10.1. The second-order valence-electron chi connectivity index (χ2n) is 5.16. The van der Waals surface area contributed by atoms with E-state index in [-0.39, 0.29) is 18.3 Å². The number of hydrogen-bond donors (Lipinski definition) is 0. The van der Waals surface area contributed by atoms with Crippen LogP contribution in [-0.4, -0.2) is 12.6 Å². The standard InChI is InChI=1S/C15H16N2O4/c1-2-21-15(18)10-7-8-13-14(9-10)17(20)12-6-4-3-5-11(12)16(13)19/h3-6,10H,2,7-9H2,1H3. The van der Waals surface area contributed by atoms with Crippen molar-refractivity contribution in [1.29, 1.82) is 0 Å². The number of carbonyl (C=O) groups is 1. The molecule has 1 aliphatic carbocycles. The highest BCUT2D eigenvalue weighted by molar-refractivity contribution is 5.73. The fourth-order valence-electron chi connectivity index (χ4n) is 2.89. The molecule has 0 bridgehead atoms. The van der Waals surface area contributed by atoms with Gasteiger partial charge in [0.05, 0.1) is 18.9 Å². The monoisotopic (exact) mass is 288 g/mol. The van der Waals surface area contributed by atoms with Crippen molar-refractivity contribution < 1.29 is 19.0 Å². The van der Waals surface area contributed by atoms with E-state index < -0.39 is 0 Å². The Bertz CT molecular complexity index is 714. The van der Waals surface area contributed by atoms with Crippen LogP contribution in [0.5, 0.6) is 0 Å². The minimum absolute atomic E-state index is 0.255. The number of fused-ring (bicyclic) bond motifs is 2. The van der Waals surface area contributed by atoms with Gasteiger partial charge in [-0.25, -0.2) is 0 Å². The number of ether oxygens (including phenoxy) is 1. The average Bonchev–Trinajstić information content (AvgIpc) is 2.52. The quantitative estimate of drug-likeness (QED) is 0.464. The summed E-state index contributed by atoms with van der Waals surface area (Å²) in [6.07, 6.45) is 1.20. The second-order valence-corrected chi connectivity index (χ2v) is 5.16. The highest BCUT2D eigenvalue weighted by atomic mass is 16.5. The Morgan fingerprint density at radius 1 is 1.24 bits per heavy atom. The molecule has 0 amide bonds. The molecule has 2 aromatic rings. The molecule has 1 unspecified atom stereocenters. The van der Waals surface area contributed by atoms with Gasteiger partial charge in [0.2, 0.25) is 0 Å². The van der Waals surface area contributed by atoms with E-state index in [0.29, 0.717) is 41.9 Å². The summed E-state index contributed by atoms with van der Waals surface area (Å²) >= 11 is 0. The lowest BCUT2D eigenvalue weighted by atomic mass is 9.89. The van der Waals surface area contributed by atoms with Crippen LogP contribution in [0.15, 0.2) is 24.3 Å². The van der Waals surface area contributed by atoms with Gasteiger partial charge >= 0.3 is 5.97 Å². The van der Waals surface area contributed by atoms with Gasteiger partial charge in [0.1, 0.15) is 0 Å². The van der Waals surface area contributed by atoms with Crippen LogP contribution in [0.25, 0.3) is 11.0 Å². The summed E-state index contributed by atoms with van der Waals surface area (Å²) in [7, 11) is 0. The van der Waals surface area contributed by atoms with E-state index in [2.05, 4.69) is 0 Å². The molecule has 0 N–H and O–H groups in total. The van der Waals surface area contributed by atoms with Crippen molar-refractivity contribution >= 4 is 17.0 Å². The van der Waals surface area contributed by atoms with Crippen molar-refractivity contribution in [2.45, 2.75) is 26.2 Å². The summed E-state index contributed by atoms with van der Waals surface area (Å²) in [5.41, 5.74) is 1.54. The Morgan fingerprint density at radius 2 is 1.86 bits per heavy atom. The molecule has 0 spiro atoms. The smallest absolute Gasteiger partial charge is 0.309 e. The van der Waals surface area contributed by atoms with Gasteiger partial charge in [0.25, 0.3) is 22.4 Å². The normalized spacial score (nSPS) is 17.5. The van der Waals surface area contributed by atoms with Gasteiger partial charge in [-0.15, -0.1) is 0 Å². The molecular formula is C15H16N2O4. The molecule has 0 saturated carbocycles. The van der Waals surface area contributed by atoms with Crippen molar-refractivity contribution in [3.63, 3.8) is 0 Å². The number of hydrogen-bond acceptors (Lipinski definition) is 4. The van der Waals surface area contributed by atoms with Crippen molar-refractivity contribution in [3.05, 3.63) is 46.1 Å². The second kappa shape index (κ2) is 5.20. The molecule has 110 valence electrons. The maximum Gasteiger partial charge on any atom is 0.309 e. The zero-order valence-corrected chi connectivity index (χ0v) is 11.7. The SMILES string of the molecule is CCOC(=O)C1CCc2c([n+]([O-])c3ccccc3[n+]2[O-])C1. The van der Waals surface area contributed by atoms with Crippen molar-refractivity contribution in [3.8, 4) is 0 Å². The first-order valence-electron chi connectivity index (χ1n) is 7.05. The molecule has 1 aliphatic rings. The molecule has 0 radical (unpaired) electrons. The topological polar surface area (TPSA) is 80.2 Å². The van der Waals surface area contributed by atoms with E-state index in [1.807, 2.05) is 0 Å². The number of carbonyl (C=O) groups excluding carboxylic acids is 1. The van der Waals surface area contributed by atoms with Gasteiger partial charge in [-0.2, -0.15) is 9.46 Å². The Hall–Kier alpha value is -2.37. The molecule has 0 aliphatic heterocycles. The van der Waals surface area contributed by atoms with Gasteiger partial charge < -0.3 is 15.2 Å². The fraction of sp³-hybridized carbons (Fsp3) is 0.400. The van der Waals surface area contributed by atoms with Crippen LogP contribution in [0, 0.1) is 16.3 Å². The summed E-state index contributed by atoms with van der Waals surface area (Å²) in [5, 5.41) is 24.8. The largest absolute Gasteiger partial charge is 0.618 e. The highest BCUT2D eigenvalue weighted by Crippen LogP contribution is 2.23. The third-order valence-electron chi connectivity index (χ3n) is 3.93. The van der Waals surface area contributed by atoms with Gasteiger partial charge in [0.15, 0.2) is 0 Å². The van der Waals surface area contributed by atoms with Crippen LogP contribution in [0.2, 0.25) is 0 Å². The lowest BCUT2D eigenvalue weighted by Crippen LogP contribution is -2.48. The number of para-hydroxylation sites is 2. The van der Waals surface area contributed by atoms with Crippen LogP contribution < -0.4 is 9.46 Å². The predicted octanol–water partition coefficient (Wildman–Crippen LogP) is 0.775. The molecule has 0 saturated heterocycles. The Balaban J connectivity index is 2.08. The molecule has 0 fully saturated rings. The minimum Gasteiger partial charge on any atom is -0.618 e. The van der Waals surface area contributed by atoms with Crippen molar-refractivity contribution in [1.82, 2.24) is 0 Å². The molecule has 3 rings (SSSR count). The summed E-state index contributed by atoms with van der Waals surface area (Å²) in [6, 6.07) is 6.70. The van der Waals surface area contributed by atoms with E-state index in [1.54, 1.807) is 31.2 Å². The molecule has 1 aromatic carbocycles. The van der Waals surface area contributed by atoms with Crippen LogP contribution in [0.1, 0.15) is 24.7 Å². The molecule has 21 heavy (non-hydrogen) atoms. The number of aromatic nitrogens is 2.